The van der Waals surface area contributed by atoms with Gasteiger partial charge in [-0.05, 0) is 44.2 Å². The summed E-state index contributed by atoms with van der Waals surface area (Å²) < 4.78 is 2.29. The van der Waals surface area contributed by atoms with Crippen LogP contribution in [0.25, 0.3) is 0 Å². The Morgan fingerprint density at radius 1 is 1.05 bits per heavy atom. The van der Waals surface area contributed by atoms with Crippen molar-refractivity contribution in [1.82, 2.24) is 14.7 Å². The minimum Gasteiger partial charge on any atom is -0.301 e. The third kappa shape index (κ3) is 3.88. The van der Waals surface area contributed by atoms with Gasteiger partial charge >= 0.3 is 0 Å². The van der Waals surface area contributed by atoms with Gasteiger partial charge < -0.3 is 4.90 Å². The molecule has 0 N–H and O–H groups in total. The standard InChI is InChI=1S/C18H33N3/c1-14(2)17-16(18(4,5)6)15(3)19-21(17)13-12-20-10-8-7-9-11-20/h14H,7-13H2,1-6H3. The number of aromatic nitrogens is 2. The SMILES string of the molecule is Cc1nn(CCN2CCCCC2)c(C(C)C)c1C(C)(C)C. The summed E-state index contributed by atoms with van der Waals surface area (Å²) in [5.74, 6) is 0.529. The quantitative estimate of drug-likeness (QED) is 0.833. The molecule has 0 amide bonds. The van der Waals surface area contributed by atoms with Crippen molar-refractivity contribution in [2.45, 2.75) is 78.7 Å². The highest BCUT2D eigenvalue weighted by molar-refractivity contribution is 5.34. The second kappa shape index (κ2) is 6.51. The van der Waals surface area contributed by atoms with Gasteiger partial charge in [-0.1, -0.05) is 41.0 Å². The summed E-state index contributed by atoms with van der Waals surface area (Å²) in [5.41, 5.74) is 4.28. The van der Waals surface area contributed by atoms with E-state index in [4.69, 9.17) is 5.10 Å². The number of nitrogens with zero attached hydrogens (tertiary/aromatic N) is 3. The van der Waals surface area contributed by atoms with E-state index in [0.717, 1.165) is 13.1 Å². The van der Waals surface area contributed by atoms with Gasteiger partial charge in [0.05, 0.1) is 12.2 Å². The molecule has 0 atom stereocenters. The van der Waals surface area contributed by atoms with Gasteiger partial charge in [-0.25, -0.2) is 0 Å². The van der Waals surface area contributed by atoms with Crippen LogP contribution in [-0.4, -0.2) is 34.3 Å². The summed E-state index contributed by atoms with van der Waals surface area (Å²) in [5, 5.41) is 4.87. The maximum atomic E-state index is 4.87. The molecule has 0 aliphatic carbocycles. The van der Waals surface area contributed by atoms with Gasteiger partial charge in [0, 0.05) is 17.8 Å². The molecule has 1 aliphatic rings. The van der Waals surface area contributed by atoms with Crippen LogP contribution in [0, 0.1) is 6.92 Å². The van der Waals surface area contributed by atoms with Crippen LogP contribution in [0.15, 0.2) is 0 Å². The monoisotopic (exact) mass is 291 g/mol. The molecule has 3 nitrogen and oxygen atoms in total. The highest BCUT2D eigenvalue weighted by atomic mass is 15.3. The summed E-state index contributed by atoms with van der Waals surface area (Å²) in [6, 6.07) is 0. The molecule has 1 saturated heterocycles. The molecule has 21 heavy (non-hydrogen) atoms. The molecule has 0 unspecified atom stereocenters. The minimum absolute atomic E-state index is 0.174. The molecule has 0 aromatic carbocycles. The Kier molecular flexibility index (Phi) is 5.13. The lowest BCUT2D eigenvalue weighted by atomic mass is 9.83. The van der Waals surface area contributed by atoms with E-state index in [0.29, 0.717) is 5.92 Å². The highest BCUT2D eigenvalue weighted by Gasteiger charge is 2.27. The normalized spacial score (nSPS) is 17.7. The lowest BCUT2D eigenvalue weighted by Crippen LogP contribution is -2.33. The topological polar surface area (TPSA) is 21.1 Å². The van der Waals surface area contributed by atoms with Crippen molar-refractivity contribution < 1.29 is 0 Å². The third-order valence-corrected chi connectivity index (χ3v) is 4.54. The molecule has 0 radical (unpaired) electrons. The molecule has 1 aromatic heterocycles. The van der Waals surface area contributed by atoms with Crippen LogP contribution in [0.4, 0.5) is 0 Å². The van der Waals surface area contributed by atoms with E-state index >= 15 is 0 Å². The van der Waals surface area contributed by atoms with Crippen molar-refractivity contribution in [2.75, 3.05) is 19.6 Å². The zero-order chi connectivity index (χ0) is 15.6. The maximum Gasteiger partial charge on any atom is 0.0634 e. The average molecular weight is 291 g/mol. The molecule has 2 heterocycles. The van der Waals surface area contributed by atoms with E-state index in [2.05, 4.69) is 51.1 Å². The molecule has 1 aromatic rings. The number of likely N-dealkylation sites (tertiary alicyclic amines) is 1. The Bertz CT molecular complexity index is 460. The fourth-order valence-corrected chi connectivity index (χ4v) is 3.70. The zero-order valence-corrected chi connectivity index (χ0v) is 14.9. The van der Waals surface area contributed by atoms with Crippen molar-refractivity contribution in [3.63, 3.8) is 0 Å². The van der Waals surface area contributed by atoms with E-state index in [9.17, 15) is 0 Å². The van der Waals surface area contributed by atoms with Crippen molar-refractivity contribution >= 4 is 0 Å². The number of rotatable bonds is 4. The van der Waals surface area contributed by atoms with Gasteiger partial charge in [0.25, 0.3) is 0 Å². The van der Waals surface area contributed by atoms with Gasteiger partial charge in [0.15, 0.2) is 0 Å². The van der Waals surface area contributed by atoms with Gasteiger partial charge in [-0.3, -0.25) is 4.68 Å². The lowest BCUT2D eigenvalue weighted by Gasteiger charge is -2.27. The predicted molar refractivity (Wildman–Crippen MR) is 90.0 cm³/mol. The molecule has 3 heteroatoms. The van der Waals surface area contributed by atoms with Gasteiger partial charge in [-0.15, -0.1) is 0 Å². The second-order valence-electron chi connectivity index (χ2n) is 7.88. The van der Waals surface area contributed by atoms with Crippen molar-refractivity contribution in [3.05, 3.63) is 17.0 Å². The van der Waals surface area contributed by atoms with Crippen LogP contribution in [-0.2, 0) is 12.0 Å². The van der Waals surface area contributed by atoms with E-state index in [1.54, 1.807) is 0 Å². The van der Waals surface area contributed by atoms with Gasteiger partial charge in [0.1, 0.15) is 0 Å². The third-order valence-electron chi connectivity index (χ3n) is 4.54. The molecular weight excluding hydrogens is 258 g/mol. The van der Waals surface area contributed by atoms with Crippen LogP contribution < -0.4 is 0 Å². The van der Waals surface area contributed by atoms with Gasteiger partial charge in [-0.2, -0.15) is 5.10 Å². The molecule has 0 bridgehead atoms. The predicted octanol–water partition coefficient (Wildman–Crippen LogP) is 4.10. The maximum absolute atomic E-state index is 4.87. The fourth-order valence-electron chi connectivity index (χ4n) is 3.70. The average Bonchev–Trinajstić information content (AvgIpc) is 2.74. The molecule has 120 valence electrons. The molecule has 1 fully saturated rings. The van der Waals surface area contributed by atoms with Crippen molar-refractivity contribution in [1.29, 1.82) is 0 Å². The molecule has 0 spiro atoms. The van der Waals surface area contributed by atoms with Gasteiger partial charge in [0.2, 0.25) is 0 Å². The van der Waals surface area contributed by atoms with Crippen LogP contribution in [0.5, 0.6) is 0 Å². The Morgan fingerprint density at radius 3 is 2.19 bits per heavy atom. The number of hydrogen-bond donors (Lipinski definition) is 0. The first-order chi connectivity index (χ1) is 9.80. The Morgan fingerprint density at radius 2 is 1.67 bits per heavy atom. The highest BCUT2D eigenvalue weighted by Crippen LogP contribution is 2.33. The summed E-state index contributed by atoms with van der Waals surface area (Å²) in [6.45, 7) is 18.4. The number of hydrogen-bond acceptors (Lipinski definition) is 2. The summed E-state index contributed by atoms with van der Waals surface area (Å²) in [4.78, 5) is 2.60. The van der Waals surface area contributed by atoms with Crippen LogP contribution >= 0.6 is 0 Å². The smallest absolute Gasteiger partial charge is 0.0634 e. The Labute approximate surface area is 130 Å². The fraction of sp³-hybridized carbons (Fsp3) is 0.833. The van der Waals surface area contributed by atoms with Crippen LogP contribution in [0.2, 0.25) is 0 Å². The summed E-state index contributed by atoms with van der Waals surface area (Å²) >= 11 is 0. The van der Waals surface area contributed by atoms with Crippen molar-refractivity contribution in [2.24, 2.45) is 0 Å². The first-order valence-electron chi connectivity index (χ1n) is 8.61. The molecule has 0 saturated carbocycles. The van der Waals surface area contributed by atoms with E-state index in [1.165, 1.54) is 49.3 Å². The largest absolute Gasteiger partial charge is 0.301 e. The molecular formula is C18H33N3. The number of piperidine rings is 1. The Hall–Kier alpha value is -0.830. The van der Waals surface area contributed by atoms with Crippen LogP contribution in [0.1, 0.15) is 76.8 Å². The lowest BCUT2D eigenvalue weighted by molar-refractivity contribution is 0.216. The van der Waals surface area contributed by atoms with E-state index in [-0.39, 0.29) is 5.41 Å². The minimum atomic E-state index is 0.174. The second-order valence-corrected chi connectivity index (χ2v) is 7.88. The van der Waals surface area contributed by atoms with Crippen LogP contribution in [0.3, 0.4) is 0 Å². The molecule has 1 aliphatic heterocycles. The first kappa shape index (κ1) is 16.5. The van der Waals surface area contributed by atoms with E-state index < -0.39 is 0 Å². The van der Waals surface area contributed by atoms with E-state index in [1.807, 2.05) is 0 Å². The zero-order valence-electron chi connectivity index (χ0n) is 14.9. The number of aryl methyl sites for hydroxylation is 1. The summed E-state index contributed by atoms with van der Waals surface area (Å²) in [6.07, 6.45) is 4.13. The summed E-state index contributed by atoms with van der Waals surface area (Å²) in [7, 11) is 0. The first-order valence-corrected chi connectivity index (χ1v) is 8.61. The van der Waals surface area contributed by atoms with Crippen molar-refractivity contribution in [3.8, 4) is 0 Å². The Balaban J connectivity index is 2.19. The molecule has 2 rings (SSSR count).